The van der Waals surface area contributed by atoms with Crippen molar-refractivity contribution in [3.63, 3.8) is 0 Å². The third kappa shape index (κ3) is 6.53. The summed E-state index contributed by atoms with van der Waals surface area (Å²) in [5.74, 6) is 0.373. The summed E-state index contributed by atoms with van der Waals surface area (Å²) in [4.78, 5) is 14.9. The van der Waals surface area contributed by atoms with Gasteiger partial charge in [-0.2, -0.15) is 0 Å². The fourth-order valence-corrected chi connectivity index (χ4v) is 4.95. The third-order valence-corrected chi connectivity index (χ3v) is 6.26. The topological polar surface area (TPSA) is 53.6 Å². The van der Waals surface area contributed by atoms with Crippen molar-refractivity contribution in [3.05, 3.63) is 35.6 Å². The quantitative estimate of drug-likeness (QED) is 0.703. The van der Waals surface area contributed by atoms with Gasteiger partial charge in [0.05, 0.1) is 19.3 Å². The van der Waals surface area contributed by atoms with Crippen LogP contribution in [-0.2, 0) is 9.53 Å². The van der Waals surface area contributed by atoms with Crippen LogP contribution < -0.4 is 10.6 Å². The van der Waals surface area contributed by atoms with E-state index in [-0.39, 0.29) is 42.6 Å². The van der Waals surface area contributed by atoms with Crippen LogP contribution in [0.2, 0.25) is 0 Å². The number of fused-ring (bicyclic) bond motifs is 2. The molecule has 1 aromatic rings. The second kappa shape index (κ2) is 11.5. The Bertz CT molecular complexity index is 649. The molecule has 0 saturated carbocycles. The van der Waals surface area contributed by atoms with Crippen molar-refractivity contribution in [3.8, 4) is 0 Å². The lowest BCUT2D eigenvalue weighted by atomic mass is 9.89. The molecule has 2 bridgehead atoms. The van der Waals surface area contributed by atoms with Gasteiger partial charge in [0.1, 0.15) is 5.82 Å². The van der Waals surface area contributed by atoms with E-state index in [1.165, 1.54) is 18.9 Å². The lowest BCUT2D eigenvalue weighted by Gasteiger charge is -2.35. The minimum atomic E-state index is -0.234. The Morgan fingerprint density at radius 2 is 1.90 bits per heavy atom. The Morgan fingerprint density at radius 3 is 2.55 bits per heavy atom. The summed E-state index contributed by atoms with van der Waals surface area (Å²) >= 11 is 0. The molecule has 3 aliphatic rings. The zero-order chi connectivity index (χ0) is 18.6. The molecular weight excluding hydrogens is 416 g/mol. The maximum atomic E-state index is 13.7. The molecule has 8 heteroatoms. The molecule has 164 valence electrons. The van der Waals surface area contributed by atoms with Crippen molar-refractivity contribution in [2.24, 2.45) is 5.92 Å². The van der Waals surface area contributed by atoms with Crippen molar-refractivity contribution in [1.29, 1.82) is 0 Å². The molecule has 5 nitrogen and oxygen atoms in total. The summed E-state index contributed by atoms with van der Waals surface area (Å²) in [5, 5.41) is 6.76. The minimum absolute atomic E-state index is 0. The van der Waals surface area contributed by atoms with E-state index in [0.29, 0.717) is 44.2 Å². The standard InChI is InChI=1S/C21H30FN3O2.2ClH/c22-17-3-1-2-16(13-17)20(25-6-8-27-9-7-25)14-23-21(26)12-15-10-18-4-5-19(11-15)24-18;;/h1-3,13,15,18-20,24H,4-12,14H2,(H,23,26);2*1H. The van der Waals surface area contributed by atoms with Crippen molar-refractivity contribution in [2.75, 3.05) is 32.8 Å². The molecule has 3 unspecified atom stereocenters. The fourth-order valence-electron chi connectivity index (χ4n) is 4.95. The average Bonchev–Trinajstić information content (AvgIpc) is 3.01. The highest BCUT2D eigenvalue weighted by Crippen LogP contribution is 2.32. The van der Waals surface area contributed by atoms with E-state index in [4.69, 9.17) is 4.74 Å². The zero-order valence-corrected chi connectivity index (χ0v) is 18.3. The van der Waals surface area contributed by atoms with Crippen LogP contribution in [0.5, 0.6) is 0 Å². The van der Waals surface area contributed by atoms with Gasteiger partial charge in [-0.1, -0.05) is 12.1 Å². The molecular formula is C21H32Cl2FN3O2. The summed E-state index contributed by atoms with van der Waals surface area (Å²) in [7, 11) is 0. The molecule has 3 saturated heterocycles. The third-order valence-electron chi connectivity index (χ3n) is 6.26. The predicted molar refractivity (Wildman–Crippen MR) is 116 cm³/mol. The van der Waals surface area contributed by atoms with E-state index in [1.807, 2.05) is 6.07 Å². The Kier molecular flexibility index (Phi) is 9.63. The normalized spacial score (nSPS) is 27.4. The van der Waals surface area contributed by atoms with Crippen LogP contribution in [0.1, 0.15) is 43.7 Å². The van der Waals surface area contributed by atoms with E-state index in [9.17, 15) is 9.18 Å². The van der Waals surface area contributed by atoms with E-state index < -0.39 is 0 Å². The highest BCUT2D eigenvalue weighted by atomic mass is 35.5. The van der Waals surface area contributed by atoms with Crippen molar-refractivity contribution >= 4 is 30.7 Å². The first kappa shape index (κ1) is 24.4. The van der Waals surface area contributed by atoms with E-state index in [0.717, 1.165) is 31.5 Å². The fraction of sp³-hybridized carbons (Fsp3) is 0.667. The molecule has 0 spiro atoms. The minimum Gasteiger partial charge on any atom is -0.379 e. The average molecular weight is 448 g/mol. The first-order chi connectivity index (χ1) is 13.2. The predicted octanol–water partition coefficient (Wildman–Crippen LogP) is 3.08. The van der Waals surface area contributed by atoms with E-state index >= 15 is 0 Å². The number of nitrogens with one attached hydrogen (secondary N) is 2. The molecule has 0 aromatic heterocycles. The zero-order valence-electron chi connectivity index (χ0n) is 16.6. The largest absolute Gasteiger partial charge is 0.379 e. The summed E-state index contributed by atoms with van der Waals surface area (Å²) in [6, 6.07) is 7.92. The number of ether oxygens (including phenoxy) is 1. The van der Waals surface area contributed by atoms with Crippen LogP contribution in [0.3, 0.4) is 0 Å². The molecule has 3 fully saturated rings. The number of amides is 1. The molecule has 3 atom stereocenters. The molecule has 2 N–H and O–H groups in total. The molecule has 4 rings (SSSR count). The second-order valence-electron chi connectivity index (χ2n) is 8.20. The monoisotopic (exact) mass is 447 g/mol. The smallest absolute Gasteiger partial charge is 0.220 e. The highest BCUT2D eigenvalue weighted by molar-refractivity contribution is 5.85. The highest BCUT2D eigenvalue weighted by Gasteiger charge is 2.34. The van der Waals surface area contributed by atoms with Crippen LogP contribution in [0, 0.1) is 11.7 Å². The molecule has 29 heavy (non-hydrogen) atoms. The van der Waals surface area contributed by atoms with Gasteiger partial charge in [-0.25, -0.2) is 4.39 Å². The molecule has 1 aromatic carbocycles. The van der Waals surface area contributed by atoms with Gasteiger partial charge in [0.15, 0.2) is 0 Å². The summed E-state index contributed by atoms with van der Waals surface area (Å²) in [6.45, 7) is 3.47. The molecule has 0 aliphatic carbocycles. The number of benzene rings is 1. The SMILES string of the molecule is Cl.Cl.O=C(CC1CC2CCC(C1)N2)NCC(c1cccc(F)c1)N1CCOCC1. The van der Waals surface area contributed by atoms with Gasteiger partial charge in [0, 0.05) is 38.1 Å². The van der Waals surface area contributed by atoms with Gasteiger partial charge in [0.25, 0.3) is 0 Å². The lowest BCUT2D eigenvalue weighted by molar-refractivity contribution is -0.122. The Morgan fingerprint density at radius 1 is 1.21 bits per heavy atom. The molecule has 0 radical (unpaired) electrons. The number of nitrogens with zero attached hydrogens (tertiary/aromatic N) is 1. The van der Waals surface area contributed by atoms with Gasteiger partial charge in [0.2, 0.25) is 5.91 Å². The Hall–Kier alpha value is -0.920. The van der Waals surface area contributed by atoms with Crippen LogP contribution >= 0.6 is 24.8 Å². The summed E-state index contributed by atoms with van der Waals surface area (Å²) in [5.41, 5.74) is 0.914. The first-order valence-corrected chi connectivity index (χ1v) is 10.3. The van der Waals surface area contributed by atoms with Crippen LogP contribution in [-0.4, -0.2) is 55.7 Å². The number of carbonyl (C=O) groups is 1. The molecule has 3 aliphatic heterocycles. The van der Waals surface area contributed by atoms with Gasteiger partial charge < -0.3 is 15.4 Å². The number of carbonyl (C=O) groups excluding carboxylic acids is 1. The second-order valence-corrected chi connectivity index (χ2v) is 8.20. The summed E-state index contributed by atoms with van der Waals surface area (Å²) < 4.78 is 19.2. The van der Waals surface area contributed by atoms with Crippen LogP contribution in [0.4, 0.5) is 4.39 Å². The Balaban J connectivity index is 0.00000150. The number of piperidine rings is 1. The lowest BCUT2D eigenvalue weighted by Crippen LogP contribution is -2.44. The van der Waals surface area contributed by atoms with Crippen molar-refractivity contribution < 1.29 is 13.9 Å². The Labute approximate surface area is 184 Å². The number of halogens is 3. The number of hydrogen-bond acceptors (Lipinski definition) is 4. The molecule has 1 amide bonds. The van der Waals surface area contributed by atoms with Gasteiger partial charge in [-0.05, 0) is 49.3 Å². The van der Waals surface area contributed by atoms with Crippen molar-refractivity contribution in [1.82, 2.24) is 15.5 Å². The summed E-state index contributed by atoms with van der Waals surface area (Å²) in [6.07, 6.45) is 5.33. The first-order valence-electron chi connectivity index (χ1n) is 10.3. The van der Waals surface area contributed by atoms with Crippen LogP contribution in [0.15, 0.2) is 24.3 Å². The van der Waals surface area contributed by atoms with Crippen LogP contribution in [0.25, 0.3) is 0 Å². The number of hydrogen-bond donors (Lipinski definition) is 2. The van der Waals surface area contributed by atoms with Gasteiger partial charge in [-0.15, -0.1) is 24.8 Å². The number of morpholine rings is 1. The van der Waals surface area contributed by atoms with Gasteiger partial charge in [-0.3, -0.25) is 9.69 Å². The maximum Gasteiger partial charge on any atom is 0.220 e. The number of rotatable bonds is 6. The van der Waals surface area contributed by atoms with Gasteiger partial charge >= 0.3 is 0 Å². The van der Waals surface area contributed by atoms with Crippen molar-refractivity contribution in [2.45, 2.75) is 50.2 Å². The maximum absolute atomic E-state index is 13.7. The molecule has 3 heterocycles. The van der Waals surface area contributed by atoms with E-state index in [1.54, 1.807) is 12.1 Å². The van der Waals surface area contributed by atoms with E-state index in [2.05, 4.69) is 15.5 Å².